The summed E-state index contributed by atoms with van der Waals surface area (Å²) >= 11 is 3.80. The second-order valence-electron chi connectivity index (χ2n) is 3.40. The molecular formula is C11H14O3S. The standard InChI is InChI=1S/C11H14O3S/c1-7-3-9(4-8(2)11(7)13)5-14-10(12)6-15/h3-4,13,15H,5-6H2,1-2H3. The lowest BCUT2D eigenvalue weighted by molar-refractivity contribution is -0.141. The van der Waals surface area contributed by atoms with Crippen molar-refractivity contribution in [3.8, 4) is 5.75 Å². The first-order chi connectivity index (χ1) is 7.04. The summed E-state index contributed by atoms with van der Waals surface area (Å²) in [5.41, 5.74) is 2.44. The normalized spacial score (nSPS) is 10.1. The maximum absolute atomic E-state index is 10.9. The number of hydrogen-bond donors (Lipinski definition) is 2. The van der Waals surface area contributed by atoms with E-state index in [2.05, 4.69) is 12.6 Å². The van der Waals surface area contributed by atoms with Crippen LogP contribution in [0.3, 0.4) is 0 Å². The summed E-state index contributed by atoms with van der Waals surface area (Å²) in [5, 5.41) is 9.53. The van der Waals surface area contributed by atoms with E-state index in [1.165, 1.54) is 0 Å². The number of aromatic hydroxyl groups is 1. The van der Waals surface area contributed by atoms with Gasteiger partial charge in [0.25, 0.3) is 0 Å². The molecule has 4 heteroatoms. The van der Waals surface area contributed by atoms with E-state index in [0.29, 0.717) is 5.75 Å². The topological polar surface area (TPSA) is 46.5 Å². The number of aryl methyl sites for hydroxylation is 2. The number of phenolic OH excluding ortho intramolecular Hbond substituents is 1. The van der Waals surface area contributed by atoms with E-state index in [-0.39, 0.29) is 18.3 Å². The fourth-order valence-corrected chi connectivity index (χ4v) is 1.43. The van der Waals surface area contributed by atoms with Crippen LogP contribution in [0.25, 0.3) is 0 Å². The van der Waals surface area contributed by atoms with Crippen LogP contribution in [0.1, 0.15) is 16.7 Å². The van der Waals surface area contributed by atoms with E-state index in [0.717, 1.165) is 16.7 Å². The lowest BCUT2D eigenvalue weighted by Gasteiger charge is -2.08. The molecule has 1 aromatic rings. The summed E-state index contributed by atoms with van der Waals surface area (Å²) in [5.74, 6) is 0.0248. The molecule has 0 amide bonds. The summed E-state index contributed by atoms with van der Waals surface area (Å²) < 4.78 is 4.93. The number of phenols is 1. The Morgan fingerprint density at radius 2 is 1.93 bits per heavy atom. The minimum Gasteiger partial charge on any atom is -0.507 e. The quantitative estimate of drug-likeness (QED) is 0.612. The first kappa shape index (κ1) is 11.9. The van der Waals surface area contributed by atoms with Crippen molar-refractivity contribution in [1.82, 2.24) is 0 Å². The van der Waals surface area contributed by atoms with Crippen molar-refractivity contribution < 1.29 is 14.6 Å². The zero-order valence-electron chi connectivity index (χ0n) is 8.78. The van der Waals surface area contributed by atoms with Crippen LogP contribution in [-0.4, -0.2) is 16.8 Å². The molecule has 15 heavy (non-hydrogen) atoms. The third-order valence-electron chi connectivity index (χ3n) is 2.08. The first-order valence-corrected chi connectivity index (χ1v) is 5.23. The molecular weight excluding hydrogens is 212 g/mol. The lowest BCUT2D eigenvalue weighted by Crippen LogP contribution is -2.05. The van der Waals surface area contributed by atoms with Crippen molar-refractivity contribution in [1.29, 1.82) is 0 Å². The zero-order valence-corrected chi connectivity index (χ0v) is 9.67. The van der Waals surface area contributed by atoms with Crippen LogP contribution in [0, 0.1) is 13.8 Å². The van der Waals surface area contributed by atoms with Crippen LogP contribution in [-0.2, 0) is 16.1 Å². The van der Waals surface area contributed by atoms with Crippen LogP contribution in [0.2, 0.25) is 0 Å². The van der Waals surface area contributed by atoms with Crippen LogP contribution >= 0.6 is 12.6 Å². The van der Waals surface area contributed by atoms with Crippen molar-refractivity contribution >= 4 is 18.6 Å². The molecule has 0 aliphatic carbocycles. The lowest BCUT2D eigenvalue weighted by atomic mass is 10.1. The van der Waals surface area contributed by atoms with Crippen LogP contribution in [0.4, 0.5) is 0 Å². The number of benzene rings is 1. The number of esters is 1. The summed E-state index contributed by atoms with van der Waals surface area (Å²) in [6, 6.07) is 3.60. The molecule has 0 saturated heterocycles. The molecule has 0 atom stereocenters. The number of thiol groups is 1. The molecule has 0 radical (unpaired) electrons. The molecule has 0 aliphatic rings. The number of ether oxygens (including phenoxy) is 1. The van der Waals surface area contributed by atoms with Gasteiger partial charge < -0.3 is 9.84 Å². The van der Waals surface area contributed by atoms with Crippen LogP contribution in [0.15, 0.2) is 12.1 Å². The van der Waals surface area contributed by atoms with E-state index < -0.39 is 0 Å². The molecule has 0 spiro atoms. The van der Waals surface area contributed by atoms with E-state index in [4.69, 9.17) is 4.74 Å². The Bertz CT molecular complexity index is 351. The fourth-order valence-electron chi connectivity index (χ4n) is 1.34. The monoisotopic (exact) mass is 226 g/mol. The SMILES string of the molecule is Cc1cc(COC(=O)CS)cc(C)c1O. The fraction of sp³-hybridized carbons (Fsp3) is 0.364. The Kier molecular flexibility index (Phi) is 4.03. The van der Waals surface area contributed by atoms with Gasteiger partial charge in [0.2, 0.25) is 0 Å². The van der Waals surface area contributed by atoms with Gasteiger partial charge in [-0.2, -0.15) is 12.6 Å². The highest BCUT2D eigenvalue weighted by molar-refractivity contribution is 7.81. The summed E-state index contributed by atoms with van der Waals surface area (Å²) in [7, 11) is 0. The van der Waals surface area contributed by atoms with Gasteiger partial charge in [-0.25, -0.2) is 0 Å². The summed E-state index contributed by atoms with van der Waals surface area (Å²) in [6.45, 7) is 3.85. The Morgan fingerprint density at radius 3 is 2.40 bits per heavy atom. The molecule has 0 aromatic heterocycles. The first-order valence-electron chi connectivity index (χ1n) is 4.60. The zero-order chi connectivity index (χ0) is 11.4. The molecule has 0 aliphatic heterocycles. The van der Waals surface area contributed by atoms with Gasteiger partial charge in [-0.05, 0) is 42.7 Å². The average Bonchev–Trinajstić information content (AvgIpc) is 2.22. The molecule has 82 valence electrons. The Morgan fingerprint density at radius 1 is 1.40 bits per heavy atom. The molecule has 0 saturated carbocycles. The number of carbonyl (C=O) groups excluding carboxylic acids is 1. The highest BCUT2D eigenvalue weighted by Crippen LogP contribution is 2.23. The predicted octanol–water partition coefficient (Wildman–Crippen LogP) is 1.98. The van der Waals surface area contributed by atoms with Gasteiger partial charge >= 0.3 is 5.97 Å². The number of carbonyl (C=O) groups is 1. The molecule has 0 unspecified atom stereocenters. The van der Waals surface area contributed by atoms with Crippen LogP contribution < -0.4 is 0 Å². The molecule has 0 heterocycles. The van der Waals surface area contributed by atoms with Crippen molar-refractivity contribution in [3.05, 3.63) is 28.8 Å². The maximum Gasteiger partial charge on any atom is 0.315 e. The number of rotatable bonds is 3. The van der Waals surface area contributed by atoms with Gasteiger partial charge in [0.05, 0.1) is 5.75 Å². The highest BCUT2D eigenvalue weighted by Gasteiger charge is 2.05. The van der Waals surface area contributed by atoms with Gasteiger partial charge in [0.15, 0.2) is 0 Å². The van der Waals surface area contributed by atoms with E-state index in [1.54, 1.807) is 12.1 Å². The molecule has 0 fully saturated rings. The minimum absolute atomic E-state index is 0.0794. The molecule has 1 aromatic carbocycles. The molecule has 1 N–H and O–H groups in total. The Hall–Kier alpha value is -1.16. The van der Waals surface area contributed by atoms with E-state index in [1.807, 2.05) is 13.8 Å². The summed E-state index contributed by atoms with van der Waals surface area (Å²) in [4.78, 5) is 10.9. The Labute approximate surface area is 94.5 Å². The van der Waals surface area contributed by atoms with Crippen molar-refractivity contribution in [2.75, 3.05) is 5.75 Å². The Balaban J connectivity index is 2.75. The molecule has 3 nitrogen and oxygen atoms in total. The van der Waals surface area contributed by atoms with Crippen molar-refractivity contribution in [3.63, 3.8) is 0 Å². The van der Waals surface area contributed by atoms with Gasteiger partial charge in [-0.15, -0.1) is 0 Å². The summed E-state index contributed by atoms with van der Waals surface area (Å²) in [6.07, 6.45) is 0. The third-order valence-corrected chi connectivity index (χ3v) is 2.34. The van der Waals surface area contributed by atoms with Crippen LogP contribution in [0.5, 0.6) is 5.75 Å². The van der Waals surface area contributed by atoms with E-state index >= 15 is 0 Å². The largest absolute Gasteiger partial charge is 0.507 e. The highest BCUT2D eigenvalue weighted by atomic mass is 32.1. The second kappa shape index (κ2) is 5.07. The third kappa shape index (κ3) is 3.16. The van der Waals surface area contributed by atoms with Gasteiger partial charge in [0.1, 0.15) is 12.4 Å². The van der Waals surface area contributed by atoms with Gasteiger partial charge in [-0.1, -0.05) is 0 Å². The molecule has 0 bridgehead atoms. The second-order valence-corrected chi connectivity index (χ2v) is 3.71. The van der Waals surface area contributed by atoms with E-state index in [9.17, 15) is 9.90 Å². The molecule has 1 rings (SSSR count). The average molecular weight is 226 g/mol. The van der Waals surface area contributed by atoms with Crippen molar-refractivity contribution in [2.45, 2.75) is 20.5 Å². The minimum atomic E-state index is -0.346. The van der Waals surface area contributed by atoms with Gasteiger partial charge in [-0.3, -0.25) is 4.79 Å². The smallest absolute Gasteiger partial charge is 0.315 e. The van der Waals surface area contributed by atoms with Gasteiger partial charge in [0, 0.05) is 0 Å². The van der Waals surface area contributed by atoms with Crippen molar-refractivity contribution in [2.24, 2.45) is 0 Å². The maximum atomic E-state index is 10.9. The predicted molar refractivity (Wildman–Crippen MR) is 61.2 cm³/mol. The number of hydrogen-bond acceptors (Lipinski definition) is 4.